The Labute approximate surface area is 226 Å². The molecule has 5 aliphatic carbocycles. The number of benzene rings is 2. The van der Waals surface area contributed by atoms with Crippen molar-refractivity contribution in [2.45, 2.75) is 81.6 Å². The van der Waals surface area contributed by atoms with E-state index in [2.05, 4.69) is 44.3 Å². The SMILES string of the molecule is CO[C@]12CC[C@@]3(C[C@@H]1COCc1ccccc1C)[C@H]1Cc4ccc(O)c5c4[C@@]3(CC[N@+]1(C)CC1CC1)[C@H]2O5. The van der Waals surface area contributed by atoms with Crippen molar-refractivity contribution in [1.82, 2.24) is 0 Å². The molecule has 2 aromatic rings. The minimum absolute atomic E-state index is 0.0610. The molecule has 4 saturated carbocycles. The van der Waals surface area contributed by atoms with Gasteiger partial charge in [0, 0.05) is 42.8 Å². The van der Waals surface area contributed by atoms with Crippen LogP contribution in [0.4, 0.5) is 0 Å². The number of rotatable bonds is 7. The lowest BCUT2D eigenvalue weighted by molar-refractivity contribution is -0.952. The highest BCUT2D eigenvalue weighted by molar-refractivity contribution is 5.62. The highest BCUT2D eigenvalue weighted by Crippen LogP contribution is 2.77. The second kappa shape index (κ2) is 7.77. The van der Waals surface area contributed by atoms with Crippen LogP contribution in [-0.4, -0.2) is 61.2 Å². The normalized spacial score (nSPS) is 41.6. The number of likely N-dealkylation sites (N-methyl/N-ethyl adjacent to an activating group) is 1. The minimum atomic E-state index is -0.394. The summed E-state index contributed by atoms with van der Waals surface area (Å²) in [7, 11) is 4.46. The Balaban J connectivity index is 1.23. The van der Waals surface area contributed by atoms with Crippen molar-refractivity contribution in [1.29, 1.82) is 0 Å². The van der Waals surface area contributed by atoms with Crippen LogP contribution >= 0.6 is 0 Å². The molecule has 7 aliphatic rings. The minimum Gasteiger partial charge on any atom is -0.504 e. The van der Waals surface area contributed by atoms with Gasteiger partial charge in [0.05, 0.1) is 44.8 Å². The van der Waals surface area contributed by atoms with Crippen LogP contribution in [0, 0.1) is 24.2 Å². The Morgan fingerprint density at radius 1 is 1.11 bits per heavy atom. The molecule has 2 heterocycles. The van der Waals surface area contributed by atoms with Gasteiger partial charge in [-0.25, -0.2) is 0 Å². The number of likely N-dealkylation sites (tertiary alicyclic amines) is 1. The monoisotopic (exact) mass is 516 g/mol. The van der Waals surface area contributed by atoms with Crippen molar-refractivity contribution < 1.29 is 23.8 Å². The number of hydrogen-bond acceptors (Lipinski definition) is 4. The number of aromatic hydroxyl groups is 1. The van der Waals surface area contributed by atoms with E-state index in [-0.39, 0.29) is 22.9 Å². The fourth-order valence-electron chi connectivity index (χ4n) is 10.5. The largest absolute Gasteiger partial charge is 0.504 e. The number of hydrogen-bond donors (Lipinski definition) is 1. The highest BCUT2D eigenvalue weighted by atomic mass is 16.6. The van der Waals surface area contributed by atoms with Crippen molar-refractivity contribution in [3.63, 3.8) is 0 Å². The molecule has 38 heavy (non-hydrogen) atoms. The van der Waals surface area contributed by atoms with E-state index < -0.39 is 5.60 Å². The third-order valence-corrected chi connectivity index (χ3v) is 12.4. The van der Waals surface area contributed by atoms with Crippen molar-refractivity contribution >= 4 is 0 Å². The lowest BCUT2D eigenvalue weighted by Gasteiger charge is -2.74. The molecule has 2 spiro atoms. The Kier molecular flexibility index (Phi) is 4.86. The predicted octanol–water partition coefficient (Wildman–Crippen LogP) is 5.29. The number of quaternary nitrogens is 1. The zero-order valence-corrected chi connectivity index (χ0v) is 23.2. The maximum atomic E-state index is 11.0. The summed E-state index contributed by atoms with van der Waals surface area (Å²) in [5.41, 5.74) is 5.00. The van der Waals surface area contributed by atoms with E-state index in [0.29, 0.717) is 25.0 Å². The molecule has 202 valence electrons. The van der Waals surface area contributed by atoms with Crippen molar-refractivity contribution in [3.05, 3.63) is 58.7 Å². The number of phenols is 1. The molecule has 4 bridgehead atoms. The van der Waals surface area contributed by atoms with Crippen LogP contribution in [0.2, 0.25) is 0 Å². The van der Waals surface area contributed by atoms with E-state index in [1.165, 1.54) is 59.1 Å². The quantitative estimate of drug-likeness (QED) is 0.509. The first-order valence-electron chi connectivity index (χ1n) is 14.9. The number of phenolic OH excluding ortho intramolecular Hbond substituents is 1. The van der Waals surface area contributed by atoms with E-state index in [0.717, 1.165) is 37.4 Å². The van der Waals surface area contributed by atoms with Crippen molar-refractivity contribution in [2.24, 2.45) is 17.3 Å². The Morgan fingerprint density at radius 3 is 2.74 bits per heavy atom. The molecule has 2 aliphatic heterocycles. The summed E-state index contributed by atoms with van der Waals surface area (Å²) in [6, 6.07) is 13.2. The molecule has 0 radical (unpaired) electrons. The Morgan fingerprint density at radius 2 is 1.95 bits per heavy atom. The van der Waals surface area contributed by atoms with Gasteiger partial charge in [-0.15, -0.1) is 0 Å². The summed E-state index contributed by atoms with van der Waals surface area (Å²) < 4.78 is 21.3. The summed E-state index contributed by atoms with van der Waals surface area (Å²) in [4.78, 5) is 0. The van der Waals surface area contributed by atoms with Gasteiger partial charge in [-0.2, -0.15) is 0 Å². The van der Waals surface area contributed by atoms with Gasteiger partial charge in [0.2, 0.25) is 0 Å². The first kappa shape index (κ1) is 23.8. The van der Waals surface area contributed by atoms with Crippen molar-refractivity contribution in [3.8, 4) is 11.5 Å². The number of fused-ring (bicyclic) bond motifs is 2. The summed E-state index contributed by atoms with van der Waals surface area (Å²) in [6.07, 6.45) is 8.30. The van der Waals surface area contributed by atoms with Gasteiger partial charge < -0.3 is 23.8 Å². The van der Waals surface area contributed by atoms with Gasteiger partial charge in [-0.1, -0.05) is 30.3 Å². The first-order chi connectivity index (χ1) is 18.4. The molecule has 0 unspecified atom stereocenters. The summed E-state index contributed by atoms with van der Waals surface area (Å²) in [6.45, 7) is 6.00. The zero-order chi connectivity index (χ0) is 25.9. The number of piperidine rings is 1. The standard InChI is InChI=1S/C33H41NO4/c1-21-6-4-5-7-24(21)19-37-20-25-17-31-12-13-33(25,36-3)30-32(31)14-15-34(2,18-22-8-9-22)27(31)16-23-10-11-26(35)29(38-30)28(23)32/h4-7,10-11,22,25,27,30H,8-9,12-20H2,1-3H3/p+1/t25-,27-,30-,31-,32+,33-,34-/m1/s1. The Hall–Kier alpha value is -2.08. The molecule has 0 aromatic heterocycles. The predicted molar refractivity (Wildman–Crippen MR) is 145 cm³/mol. The average Bonchev–Trinajstić information content (AvgIpc) is 3.64. The van der Waals surface area contributed by atoms with Crippen LogP contribution in [0.5, 0.6) is 11.5 Å². The molecule has 5 heteroatoms. The molecule has 9 rings (SSSR count). The van der Waals surface area contributed by atoms with Crippen molar-refractivity contribution in [2.75, 3.05) is 33.9 Å². The average molecular weight is 517 g/mol. The second-order valence-electron chi connectivity index (χ2n) is 13.9. The number of nitrogens with zero attached hydrogens (tertiary/aromatic N) is 1. The maximum absolute atomic E-state index is 11.0. The molecular formula is C33H42NO4+. The van der Waals surface area contributed by atoms with Gasteiger partial charge in [0.15, 0.2) is 11.5 Å². The van der Waals surface area contributed by atoms with Crippen LogP contribution in [-0.2, 0) is 27.9 Å². The summed E-state index contributed by atoms with van der Waals surface area (Å²) in [5.74, 6) is 2.24. The zero-order valence-electron chi connectivity index (χ0n) is 23.2. The highest BCUT2D eigenvalue weighted by Gasteiger charge is 2.83. The lowest BCUT2D eigenvalue weighted by atomic mass is 9.34. The smallest absolute Gasteiger partial charge is 0.165 e. The van der Waals surface area contributed by atoms with Crippen LogP contribution in [0.1, 0.15) is 60.8 Å². The fraction of sp³-hybridized carbons (Fsp3) is 0.636. The summed E-state index contributed by atoms with van der Waals surface area (Å²) in [5, 5.41) is 11.0. The first-order valence-corrected chi connectivity index (χ1v) is 14.9. The van der Waals surface area contributed by atoms with E-state index in [1.54, 1.807) is 0 Å². The molecule has 0 amide bonds. The summed E-state index contributed by atoms with van der Waals surface area (Å²) >= 11 is 0. The van der Waals surface area contributed by atoms with Gasteiger partial charge >= 0.3 is 0 Å². The number of ether oxygens (including phenoxy) is 3. The molecular weight excluding hydrogens is 474 g/mol. The fourth-order valence-corrected chi connectivity index (χ4v) is 10.5. The topological polar surface area (TPSA) is 47.9 Å². The molecule has 1 N–H and O–H groups in total. The lowest BCUT2D eigenvalue weighted by Crippen LogP contribution is -2.83. The molecule has 7 atom stereocenters. The Bertz CT molecular complexity index is 1310. The molecule has 2 aromatic carbocycles. The number of methoxy groups -OCH3 is 1. The van der Waals surface area contributed by atoms with Crippen LogP contribution < -0.4 is 4.74 Å². The van der Waals surface area contributed by atoms with Gasteiger partial charge in [-0.3, -0.25) is 0 Å². The maximum Gasteiger partial charge on any atom is 0.165 e. The van der Waals surface area contributed by atoms with E-state index >= 15 is 0 Å². The van der Waals surface area contributed by atoms with Gasteiger partial charge in [0.25, 0.3) is 0 Å². The van der Waals surface area contributed by atoms with Crippen LogP contribution in [0.25, 0.3) is 0 Å². The van der Waals surface area contributed by atoms with Crippen LogP contribution in [0.3, 0.4) is 0 Å². The van der Waals surface area contributed by atoms with E-state index in [9.17, 15) is 5.11 Å². The van der Waals surface area contributed by atoms with Gasteiger partial charge in [0.1, 0.15) is 11.7 Å². The molecule has 5 fully saturated rings. The third-order valence-electron chi connectivity index (χ3n) is 12.4. The molecule has 5 nitrogen and oxygen atoms in total. The second-order valence-corrected chi connectivity index (χ2v) is 13.9. The van der Waals surface area contributed by atoms with Gasteiger partial charge in [-0.05, 0) is 61.8 Å². The van der Waals surface area contributed by atoms with E-state index in [1.807, 2.05) is 13.2 Å². The third kappa shape index (κ3) is 2.78. The number of aryl methyl sites for hydroxylation is 1. The van der Waals surface area contributed by atoms with E-state index in [4.69, 9.17) is 14.2 Å². The van der Waals surface area contributed by atoms with Crippen LogP contribution in [0.15, 0.2) is 36.4 Å². The molecule has 1 saturated heterocycles.